The number of carbonyl (C=O) groups is 1. The molecule has 0 fully saturated rings. The Hall–Kier alpha value is -2.24. The summed E-state index contributed by atoms with van der Waals surface area (Å²) in [5.74, 6) is 0.386. The van der Waals surface area contributed by atoms with E-state index in [0.29, 0.717) is 11.4 Å². The second-order valence-corrected chi connectivity index (χ2v) is 3.70. The summed E-state index contributed by atoms with van der Waals surface area (Å²) in [4.78, 5) is 19.8. The first-order chi connectivity index (χ1) is 8.70. The summed E-state index contributed by atoms with van der Waals surface area (Å²) >= 11 is 0. The highest BCUT2D eigenvalue weighted by molar-refractivity contribution is 5.90. The van der Waals surface area contributed by atoms with E-state index in [1.54, 1.807) is 25.4 Å². The van der Waals surface area contributed by atoms with Crippen molar-refractivity contribution in [2.75, 3.05) is 0 Å². The lowest BCUT2D eigenvalue weighted by molar-refractivity contribution is 0.0428. The number of aromatic nitrogens is 3. The van der Waals surface area contributed by atoms with Crippen LogP contribution in [-0.2, 0) is 17.8 Å². The minimum atomic E-state index is -0.412. The van der Waals surface area contributed by atoms with Gasteiger partial charge in [0.2, 0.25) is 0 Å². The van der Waals surface area contributed by atoms with Crippen molar-refractivity contribution in [3.63, 3.8) is 0 Å². The zero-order chi connectivity index (χ0) is 13.0. The van der Waals surface area contributed by atoms with Gasteiger partial charge in [-0.1, -0.05) is 12.1 Å². The third-order valence-electron chi connectivity index (χ3n) is 2.40. The summed E-state index contributed by atoms with van der Waals surface area (Å²) in [6.45, 7) is 3.63. The van der Waals surface area contributed by atoms with Gasteiger partial charge in [0.25, 0.3) is 5.89 Å². The molecule has 6 nitrogen and oxygen atoms in total. The van der Waals surface area contributed by atoms with Crippen molar-refractivity contribution in [1.29, 1.82) is 0 Å². The molecule has 0 N–H and O–H groups in total. The van der Waals surface area contributed by atoms with Crippen molar-refractivity contribution in [1.82, 2.24) is 15.1 Å². The van der Waals surface area contributed by atoms with E-state index in [0.717, 1.165) is 12.0 Å². The maximum atomic E-state index is 11.9. The Kier molecular flexibility index (Phi) is 3.66. The monoisotopic (exact) mass is 247 g/mol. The summed E-state index contributed by atoms with van der Waals surface area (Å²) in [5, 5.41) is 3.61. The van der Waals surface area contributed by atoms with Gasteiger partial charge < -0.3 is 9.26 Å². The molecule has 2 heterocycles. The van der Waals surface area contributed by atoms with Gasteiger partial charge >= 0.3 is 5.97 Å². The number of ether oxygens (including phenoxy) is 1. The Morgan fingerprint density at radius 1 is 1.50 bits per heavy atom. The molecule has 0 aliphatic carbocycles. The van der Waals surface area contributed by atoms with Gasteiger partial charge in [-0.15, -0.1) is 0 Å². The Bertz CT molecular complexity index is 551. The third kappa shape index (κ3) is 2.71. The number of aryl methyl sites for hydroxylation is 2. The standard InChI is InChI=1S/C12H13N3O3/c1-3-9-6-13-5-4-10(9)12(16)17-7-11-14-8(2)15-18-11/h4-6H,3,7H2,1-2H3. The predicted octanol–water partition coefficient (Wildman–Crippen LogP) is 1.69. The number of nitrogens with zero attached hydrogens (tertiary/aromatic N) is 3. The highest BCUT2D eigenvalue weighted by Crippen LogP contribution is 2.10. The molecule has 2 rings (SSSR count). The summed E-state index contributed by atoms with van der Waals surface area (Å²) in [6, 6.07) is 1.64. The zero-order valence-electron chi connectivity index (χ0n) is 10.2. The molecule has 18 heavy (non-hydrogen) atoms. The molecular formula is C12H13N3O3. The maximum absolute atomic E-state index is 11.9. The molecule has 0 amide bonds. The molecule has 0 aromatic carbocycles. The maximum Gasteiger partial charge on any atom is 0.339 e. The van der Waals surface area contributed by atoms with Crippen LogP contribution < -0.4 is 0 Å². The molecule has 0 atom stereocenters. The van der Waals surface area contributed by atoms with Crippen LogP contribution in [0.3, 0.4) is 0 Å². The van der Waals surface area contributed by atoms with Gasteiger partial charge in [0.1, 0.15) is 0 Å². The first kappa shape index (κ1) is 12.2. The number of carbonyl (C=O) groups excluding carboxylic acids is 1. The van der Waals surface area contributed by atoms with Crippen molar-refractivity contribution >= 4 is 5.97 Å². The van der Waals surface area contributed by atoms with E-state index in [9.17, 15) is 4.79 Å². The smallest absolute Gasteiger partial charge is 0.339 e. The quantitative estimate of drug-likeness (QED) is 0.765. The second-order valence-electron chi connectivity index (χ2n) is 3.70. The second kappa shape index (κ2) is 5.39. The van der Waals surface area contributed by atoms with Crippen molar-refractivity contribution in [3.8, 4) is 0 Å². The summed E-state index contributed by atoms with van der Waals surface area (Å²) in [5.41, 5.74) is 1.37. The van der Waals surface area contributed by atoms with E-state index in [2.05, 4.69) is 15.1 Å². The van der Waals surface area contributed by atoms with Crippen molar-refractivity contribution in [2.45, 2.75) is 26.9 Å². The average molecular weight is 247 g/mol. The van der Waals surface area contributed by atoms with Crippen LogP contribution in [0.15, 0.2) is 23.0 Å². The molecule has 0 radical (unpaired) electrons. The molecule has 0 aliphatic rings. The van der Waals surface area contributed by atoms with Gasteiger partial charge in [-0.05, 0) is 25.0 Å². The third-order valence-corrected chi connectivity index (χ3v) is 2.40. The van der Waals surface area contributed by atoms with E-state index in [-0.39, 0.29) is 12.5 Å². The fraction of sp³-hybridized carbons (Fsp3) is 0.333. The fourth-order valence-electron chi connectivity index (χ4n) is 1.51. The molecule has 6 heteroatoms. The minimum absolute atomic E-state index is 0.0227. The lowest BCUT2D eigenvalue weighted by Gasteiger charge is -2.05. The first-order valence-electron chi connectivity index (χ1n) is 5.60. The van der Waals surface area contributed by atoms with E-state index in [1.165, 1.54) is 0 Å². The summed E-state index contributed by atoms with van der Waals surface area (Å²) in [6.07, 6.45) is 3.94. The Labute approximate surface area is 104 Å². The summed E-state index contributed by atoms with van der Waals surface area (Å²) in [7, 11) is 0. The topological polar surface area (TPSA) is 78.1 Å². The normalized spacial score (nSPS) is 10.3. The molecule has 0 saturated heterocycles. The number of hydrogen-bond acceptors (Lipinski definition) is 6. The number of esters is 1. The van der Waals surface area contributed by atoms with Gasteiger partial charge in [0.15, 0.2) is 12.4 Å². The average Bonchev–Trinajstić information content (AvgIpc) is 2.81. The molecule has 0 unspecified atom stereocenters. The van der Waals surface area contributed by atoms with Crippen LogP contribution in [0, 0.1) is 6.92 Å². The van der Waals surface area contributed by atoms with Crippen LogP contribution >= 0.6 is 0 Å². The van der Waals surface area contributed by atoms with E-state index >= 15 is 0 Å². The molecular weight excluding hydrogens is 234 g/mol. The van der Waals surface area contributed by atoms with Gasteiger partial charge in [-0.3, -0.25) is 4.98 Å². The van der Waals surface area contributed by atoms with E-state index < -0.39 is 5.97 Å². The molecule has 2 aromatic rings. The van der Waals surface area contributed by atoms with Crippen LogP contribution in [0.1, 0.15) is 34.6 Å². The number of rotatable bonds is 4. The van der Waals surface area contributed by atoms with Crippen LogP contribution in [0.4, 0.5) is 0 Å². The molecule has 94 valence electrons. The van der Waals surface area contributed by atoms with Gasteiger partial charge in [-0.25, -0.2) is 4.79 Å². The molecule has 2 aromatic heterocycles. The van der Waals surface area contributed by atoms with Crippen molar-refractivity contribution in [3.05, 3.63) is 41.3 Å². The first-order valence-corrected chi connectivity index (χ1v) is 5.60. The minimum Gasteiger partial charge on any atom is -0.452 e. The Morgan fingerprint density at radius 3 is 3.00 bits per heavy atom. The number of hydrogen-bond donors (Lipinski definition) is 0. The van der Waals surface area contributed by atoms with Crippen LogP contribution in [0.2, 0.25) is 0 Å². The lowest BCUT2D eigenvalue weighted by atomic mass is 10.1. The molecule has 0 bridgehead atoms. The molecule has 0 spiro atoms. The highest BCUT2D eigenvalue weighted by Gasteiger charge is 2.13. The van der Waals surface area contributed by atoms with Gasteiger partial charge in [0, 0.05) is 12.4 Å². The van der Waals surface area contributed by atoms with Crippen molar-refractivity contribution < 1.29 is 14.1 Å². The molecule has 0 saturated carbocycles. The summed E-state index contributed by atoms with van der Waals surface area (Å²) < 4.78 is 9.96. The van der Waals surface area contributed by atoms with Crippen LogP contribution in [-0.4, -0.2) is 21.1 Å². The SMILES string of the molecule is CCc1cnccc1C(=O)OCc1nc(C)no1. The predicted molar refractivity (Wildman–Crippen MR) is 61.8 cm³/mol. The van der Waals surface area contributed by atoms with Crippen molar-refractivity contribution in [2.24, 2.45) is 0 Å². The lowest BCUT2D eigenvalue weighted by Crippen LogP contribution is -2.08. The number of pyridine rings is 1. The van der Waals surface area contributed by atoms with Gasteiger partial charge in [0.05, 0.1) is 5.56 Å². The van der Waals surface area contributed by atoms with E-state index in [1.807, 2.05) is 6.92 Å². The van der Waals surface area contributed by atoms with Crippen LogP contribution in [0.5, 0.6) is 0 Å². The molecule has 0 aliphatic heterocycles. The fourth-order valence-corrected chi connectivity index (χ4v) is 1.51. The van der Waals surface area contributed by atoms with E-state index in [4.69, 9.17) is 9.26 Å². The van der Waals surface area contributed by atoms with Gasteiger partial charge in [-0.2, -0.15) is 4.98 Å². The Morgan fingerprint density at radius 2 is 2.33 bits per heavy atom. The Balaban J connectivity index is 2.03. The highest BCUT2D eigenvalue weighted by atomic mass is 16.6. The largest absolute Gasteiger partial charge is 0.452 e. The van der Waals surface area contributed by atoms with Crippen LogP contribution in [0.25, 0.3) is 0 Å². The zero-order valence-corrected chi connectivity index (χ0v) is 10.2.